The van der Waals surface area contributed by atoms with Gasteiger partial charge in [-0.25, -0.2) is 10.1 Å². The zero-order chi connectivity index (χ0) is 17.3. The lowest BCUT2D eigenvalue weighted by Gasteiger charge is -2.14. The van der Waals surface area contributed by atoms with E-state index < -0.39 is 6.29 Å². The SMILES string of the molecule is CC1=C2CC/C(C)=C/CC[C@@]3(C)O[C@H]3CC/C(C)=C/[C@@H]2OC1OO. The molecule has 24 heavy (non-hydrogen) atoms. The zero-order valence-corrected chi connectivity index (χ0v) is 15.3. The Morgan fingerprint density at radius 1 is 1.17 bits per heavy atom. The molecule has 0 aromatic rings. The van der Waals surface area contributed by atoms with Crippen LogP contribution >= 0.6 is 0 Å². The molecule has 3 rings (SSSR count). The van der Waals surface area contributed by atoms with Crippen molar-refractivity contribution in [2.75, 3.05) is 0 Å². The number of epoxide rings is 1. The Hall–Kier alpha value is -0.940. The van der Waals surface area contributed by atoms with E-state index in [1.165, 1.54) is 16.7 Å². The molecule has 134 valence electrons. The summed E-state index contributed by atoms with van der Waals surface area (Å²) in [6.45, 7) is 8.58. The summed E-state index contributed by atoms with van der Waals surface area (Å²) >= 11 is 0. The molecule has 1 N–H and O–H groups in total. The Balaban J connectivity index is 1.80. The third kappa shape index (κ3) is 3.83. The summed E-state index contributed by atoms with van der Waals surface area (Å²) in [5.74, 6) is 0. The van der Waals surface area contributed by atoms with Crippen LogP contribution in [-0.4, -0.2) is 29.4 Å². The van der Waals surface area contributed by atoms with E-state index in [4.69, 9.17) is 14.7 Å². The van der Waals surface area contributed by atoms with E-state index in [9.17, 15) is 0 Å². The lowest BCUT2D eigenvalue weighted by molar-refractivity contribution is -0.330. The summed E-state index contributed by atoms with van der Waals surface area (Å²) in [4.78, 5) is 4.50. The Morgan fingerprint density at radius 2 is 1.96 bits per heavy atom. The first-order chi connectivity index (χ1) is 11.4. The van der Waals surface area contributed by atoms with Crippen molar-refractivity contribution in [1.82, 2.24) is 0 Å². The summed E-state index contributed by atoms with van der Waals surface area (Å²) in [5, 5.41) is 9.08. The van der Waals surface area contributed by atoms with Crippen LogP contribution in [0, 0.1) is 0 Å². The second-order valence-electron chi connectivity index (χ2n) is 7.76. The Morgan fingerprint density at radius 3 is 2.71 bits per heavy atom. The highest BCUT2D eigenvalue weighted by atomic mass is 17.1. The minimum absolute atomic E-state index is 0.0719. The first kappa shape index (κ1) is 17.9. The van der Waals surface area contributed by atoms with Crippen molar-refractivity contribution < 1.29 is 19.6 Å². The molecule has 0 saturated carbocycles. The van der Waals surface area contributed by atoms with Crippen LogP contribution in [0.15, 0.2) is 34.4 Å². The summed E-state index contributed by atoms with van der Waals surface area (Å²) in [7, 11) is 0. The molecular formula is C20H30O4. The maximum atomic E-state index is 9.08. The molecule has 1 saturated heterocycles. The number of allylic oxidation sites excluding steroid dienone is 3. The predicted molar refractivity (Wildman–Crippen MR) is 93.6 cm³/mol. The molecule has 1 unspecified atom stereocenters. The van der Waals surface area contributed by atoms with E-state index in [2.05, 4.69) is 37.8 Å². The van der Waals surface area contributed by atoms with Gasteiger partial charge in [0, 0.05) is 0 Å². The highest BCUT2D eigenvalue weighted by molar-refractivity contribution is 5.30. The van der Waals surface area contributed by atoms with Crippen LogP contribution in [0.25, 0.3) is 0 Å². The lowest BCUT2D eigenvalue weighted by Crippen LogP contribution is -2.15. The number of hydrogen-bond donors (Lipinski definition) is 1. The fraction of sp³-hybridized carbons (Fsp3) is 0.700. The summed E-state index contributed by atoms with van der Waals surface area (Å²) < 4.78 is 11.8. The van der Waals surface area contributed by atoms with Crippen LogP contribution in [-0.2, 0) is 14.4 Å². The largest absolute Gasteiger partial charge is 0.366 e. The van der Waals surface area contributed by atoms with Gasteiger partial charge in [-0.15, -0.1) is 0 Å². The second kappa shape index (κ2) is 7.12. The molecule has 3 aliphatic rings. The Bertz CT molecular complexity index is 574. The molecule has 1 aliphatic carbocycles. The maximum absolute atomic E-state index is 9.08. The van der Waals surface area contributed by atoms with Gasteiger partial charge in [0.2, 0.25) is 6.29 Å². The minimum atomic E-state index is -0.635. The summed E-state index contributed by atoms with van der Waals surface area (Å²) in [6.07, 6.45) is 10.4. The number of ether oxygens (including phenoxy) is 2. The van der Waals surface area contributed by atoms with Gasteiger partial charge in [0.1, 0.15) is 6.10 Å². The van der Waals surface area contributed by atoms with Gasteiger partial charge in [-0.2, -0.15) is 0 Å². The quantitative estimate of drug-likeness (QED) is 0.320. The molecule has 0 radical (unpaired) electrons. The molecule has 0 aromatic heterocycles. The molecule has 4 atom stereocenters. The monoisotopic (exact) mass is 334 g/mol. The fourth-order valence-corrected chi connectivity index (χ4v) is 3.89. The van der Waals surface area contributed by atoms with Gasteiger partial charge in [0.25, 0.3) is 0 Å². The molecule has 1 fully saturated rings. The average Bonchev–Trinajstić information content (AvgIpc) is 3.09. The Labute approximate surface area is 145 Å². The van der Waals surface area contributed by atoms with Crippen LogP contribution in [0.5, 0.6) is 0 Å². The Kier molecular flexibility index (Phi) is 5.30. The van der Waals surface area contributed by atoms with Crippen molar-refractivity contribution in [1.29, 1.82) is 0 Å². The van der Waals surface area contributed by atoms with Crippen LogP contribution < -0.4 is 0 Å². The van der Waals surface area contributed by atoms with Crippen LogP contribution in [0.2, 0.25) is 0 Å². The topological polar surface area (TPSA) is 51.2 Å². The van der Waals surface area contributed by atoms with Gasteiger partial charge >= 0.3 is 0 Å². The number of rotatable bonds is 1. The highest BCUT2D eigenvalue weighted by Gasteiger charge is 2.50. The van der Waals surface area contributed by atoms with Gasteiger partial charge in [-0.1, -0.05) is 23.3 Å². The molecule has 0 spiro atoms. The predicted octanol–water partition coefficient (Wildman–Crippen LogP) is 4.92. The van der Waals surface area contributed by atoms with Gasteiger partial charge in [0.05, 0.1) is 11.7 Å². The average molecular weight is 334 g/mol. The molecule has 0 amide bonds. The molecule has 4 heteroatoms. The van der Waals surface area contributed by atoms with Gasteiger partial charge < -0.3 is 9.47 Å². The van der Waals surface area contributed by atoms with Crippen LogP contribution in [0.3, 0.4) is 0 Å². The van der Waals surface area contributed by atoms with Gasteiger partial charge in [0.15, 0.2) is 0 Å². The number of fused-ring (bicyclic) bond motifs is 2. The van der Waals surface area contributed by atoms with Crippen molar-refractivity contribution in [3.63, 3.8) is 0 Å². The van der Waals surface area contributed by atoms with Gasteiger partial charge in [-0.05, 0) is 77.4 Å². The van der Waals surface area contributed by atoms with E-state index in [1.807, 2.05) is 6.92 Å². The molecule has 4 nitrogen and oxygen atoms in total. The second-order valence-corrected chi connectivity index (χ2v) is 7.76. The normalized spacial score (nSPS) is 42.3. The van der Waals surface area contributed by atoms with Gasteiger partial charge in [-0.3, -0.25) is 0 Å². The van der Waals surface area contributed by atoms with E-state index in [-0.39, 0.29) is 11.7 Å². The van der Waals surface area contributed by atoms with Crippen molar-refractivity contribution >= 4 is 0 Å². The van der Waals surface area contributed by atoms with E-state index in [0.29, 0.717) is 6.10 Å². The molecule has 2 aliphatic heterocycles. The van der Waals surface area contributed by atoms with E-state index in [1.54, 1.807) is 0 Å². The highest BCUT2D eigenvalue weighted by Crippen LogP contribution is 2.44. The smallest absolute Gasteiger partial charge is 0.214 e. The van der Waals surface area contributed by atoms with E-state index >= 15 is 0 Å². The third-order valence-corrected chi connectivity index (χ3v) is 5.76. The van der Waals surface area contributed by atoms with Crippen LogP contribution in [0.1, 0.15) is 66.2 Å². The first-order valence-electron chi connectivity index (χ1n) is 9.09. The van der Waals surface area contributed by atoms with Crippen molar-refractivity contribution in [2.45, 2.75) is 90.3 Å². The summed E-state index contributed by atoms with van der Waals surface area (Å²) in [5.41, 5.74) is 5.03. The minimum Gasteiger partial charge on any atom is -0.366 e. The van der Waals surface area contributed by atoms with Crippen LogP contribution in [0.4, 0.5) is 0 Å². The number of hydrogen-bond acceptors (Lipinski definition) is 4. The van der Waals surface area contributed by atoms with Crippen molar-refractivity contribution in [2.24, 2.45) is 0 Å². The summed E-state index contributed by atoms with van der Waals surface area (Å²) in [6, 6.07) is 0. The molecular weight excluding hydrogens is 304 g/mol. The first-order valence-corrected chi connectivity index (χ1v) is 9.09. The van der Waals surface area contributed by atoms with Crippen molar-refractivity contribution in [3.8, 4) is 0 Å². The van der Waals surface area contributed by atoms with Crippen molar-refractivity contribution in [3.05, 3.63) is 34.4 Å². The molecule has 0 bridgehead atoms. The maximum Gasteiger partial charge on any atom is 0.214 e. The zero-order valence-electron chi connectivity index (χ0n) is 15.3. The molecule has 2 heterocycles. The fourth-order valence-electron chi connectivity index (χ4n) is 3.89. The molecule has 0 aromatic carbocycles. The lowest BCUT2D eigenvalue weighted by atomic mass is 9.93. The third-order valence-electron chi connectivity index (χ3n) is 5.76. The standard InChI is InChI=1S/C20H30O4/c1-13-6-5-11-20(4)18(23-20)10-8-14(2)12-17-16(9-7-13)15(3)19(22-17)24-21/h6,12,17-19,21H,5,7-11H2,1-4H3/b13-6+,14-12+/t17-,18-,19?,20+/m0/s1. The van der Waals surface area contributed by atoms with E-state index in [0.717, 1.165) is 44.1 Å².